The number of rotatable bonds is 6. The lowest BCUT2D eigenvalue weighted by Gasteiger charge is -2.22. The van der Waals surface area contributed by atoms with Gasteiger partial charge in [0, 0.05) is 26.4 Å². The Balaban J connectivity index is 2.77. The van der Waals surface area contributed by atoms with Gasteiger partial charge in [-0.2, -0.15) is 0 Å². The lowest BCUT2D eigenvalue weighted by atomic mass is 10.1. The summed E-state index contributed by atoms with van der Waals surface area (Å²) >= 11 is 0. The molecular formula is C15H19F3N2O2. The van der Waals surface area contributed by atoms with Gasteiger partial charge in [-0.05, 0) is 18.1 Å². The standard InChI is InChI=1S/C15H19F3N2O2/c1-9(2)8-13(22)19-6-7-20(10(3)21)12-5-4-11(16)14(17)15(12)18/h4-5,9H,6-8H2,1-3H3,(H,19,22). The second-order valence-electron chi connectivity index (χ2n) is 5.31. The fourth-order valence-electron chi connectivity index (χ4n) is 1.92. The molecule has 0 saturated carbocycles. The molecule has 22 heavy (non-hydrogen) atoms. The number of anilines is 1. The van der Waals surface area contributed by atoms with E-state index in [2.05, 4.69) is 5.32 Å². The molecule has 1 N–H and O–H groups in total. The van der Waals surface area contributed by atoms with Gasteiger partial charge in [0.25, 0.3) is 0 Å². The average molecular weight is 316 g/mol. The zero-order valence-corrected chi connectivity index (χ0v) is 12.8. The average Bonchev–Trinajstić information content (AvgIpc) is 2.41. The predicted molar refractivity (Wildman–Crippen MR) is 76.8 cm³/mol. The molecule has 2 amide bonds. The highest BCUT2D eigenvalue weighted by molar-refractivity contribution is 5.91. The van der Waals surface area contributed by atoms with Crippen LogP contribution in [0, 0.1) is 23.4 Å². The zero-order valence-electron chi connectivity index (χ0n) is 12.8. The van der Waals surface area contributed by atoms with E-state index in [4.69, 9.17) is 0 Å². The summed E-state index contributed by atoms with van der Waals surface area (Å²) in [5.41, 5.74) is -0.357. The van der Waals surface area contributed by atoms with Gasteiger partial charge in [-0.1, -0.05) is 13.8 Å². The van der Waals surface area contributed by atoms with Crippen LogP contribution in [0.1, 0.15) is 27.2 Å². The third-order valence-corrected chi connectivity index (χ3v) is 2.94. The Morgan fingerprint density at radius 1 is 1.18 bits per heavy atom. The van der Waals surface area contributed by atoms with Crippen molar-refractivity contribution in [3.63, 3.8) is 0 Å². The Kier molecular flexibility index (Phi) is 6.39. The van der Waals surface area contributed by atoms with Crippen LogP contribution in [0.25, 0.3) is 0 Å². The first-order valence-corrected chi connectivity index (χ1v) is 6.92. The third kappa shape index (κ3) is 4.75. The van der Waals surface area contributed by atoms with E-state index >= 15 is 0 Å². The van der Waals surface area contributed by atoms with Gasteiger partial charge < -0.3 is 10.2 Å². The largest absolute Gasteiger partial charge is 0.354 e. The number of benzene rings is 1. The highest BCUT2D eigenvalue weighted by Crippen LogP contribution is 2.23. The molecule has 0 aliphatic rings. The molecule has 1 aromatic carbocycles. The molecule has 0 bridgehead atoms. The third-order valence-electron chi connectivity index (χ3n) is 2.94. The Labute approximate surface area is 127 Å². The number of carbonyl (C=O) groups is 2. The van der Waals surface area contributed by atoms with Crippen molar-refractivity contribution in [2.24, 2.45) is 5.92 Å². The molecule has 0 saturated heterocycles. The Bertz CT molecular complexity index is 562. The molecule has 1 rings (SSSR count). The van der Waals surface area contributed by atoms with Crippen LogP contribution in [-0.2, 0) is 9.59 Å². The van der Waals surface area contributed by atoms with Crippen LogP contribution >= 0.6 is 0 Å². The summed E-state index contributed by atoms with van der Waals surface area (Å²) < 4.78 is 39.9. The first-order valence-electron chi connectivity index (χ1n) is 6.92. The van der Waals surface area contributed by atoms with Crippen LogP contribution in [-0.4, -0.2) is 24.9 Å². The van der Waals surface area contributed by atoms with Crippen LogP contribution in [0.5, 0.6) is 0 Å². The van der Waals surface area contributed by atoms with Crippen molar-refractivity contribution in [2.75, 3.05) is 18.0 Å². The quantitative estimate of drug-likeness (QED) is 0.820. The predicted octanol–water partition coefficient (Wildman–Crippen LogP) is 2.62. The number of hydrogen-bond donors (Lipinski definition) is 1. The highest BCUT2D eigenvalue weighted by atomic mass is 19.2. The molecular weight excluding hydrogens is 297 g/mol. The van der Waals surface area contributed by atoms with Gasteiger partial charge in [0.05, 0.1) is 5.69 Å². The van der Waals surface area contributed by atoms with Crippen molar-refractivity contribution < 1.29 is 22.8 Å². The first-order chi connectivity index (χ1) is 10.2. The van der Waals surface area contributed by atoms with Gasteiger partial charge in [0.15, 0.2) is 17.5 Å². The van der Waals surface area contributed by atoms with Crippen molar-refractivity contribution in [1.82, 2.24) is 5.32 Å². The van der Waals surface area contributed by atoms with Crippen molar-refractivity contribution in [3.05, 3.63) is 29.6 Å². The first kappa shape index (κ1) is 18.0. The molecule has 4 nitrogen and oxygen atoms in total. The van der Waals surface area contributed by atoms with Crippen LogP contribution in [0.3, 0.4) is 0 Å². The molecule has 1 aromatic rings. The van der Waals surface area contributed by atoms with Crippen LogP contribution in [0.4, 0.5) is 18.9 Å². The number of amides is 2. The van der Waals surface area contributed by atoms with Gasteiger partial charge in [0.1, 0.15) is 0 Å². The highest BCUT2D eigenvalue weighted by Gasteiger charge is 2.21. The summed E-state index contributed by atoms with van der Waals surface area (Å²) in [4.78, 5) is 24.0. The summed E-state index contributed by atoms with van der Waals surface area (Å²) in [5, 5.41) is 2.59. The SMILES string of the molecule is CC(=O)N(CCNC(=O)CC(C)C)c1ccc(F)c(F)c1F. The van der Waals surface area contributed by atoms with E-state index < -0.39 is 23.4 Å². The molecule has 122 valence electrons. The maximum absolute atomic E-state index is 13.7. The minimum atomic E-state index is -1.63. The molecule has 0 spiro atoms. The molecule has 7 heteroatoms. The van der Waals surface area contributed by atoms with Gasteiger partial charge in [-0.25, -0.2) is 13.2 Å². The van der Waals surface area contributed by atoms with E-state index in [0.717, 1.165) is 17.0 Å². The van der Waals surface area contributed by atoms with Crippen molar-refractivity contribution in [2.45, 2.75) is 27.2 Å². The van der Waals surface area contributed by atoms with E-state index in [9.17, 15) is 22.8 Å². The van der Waals surface area contributed by atoms with E-state index in [0.29, 0.717) is 6.42 Å². The molecule has 0 unspecified atom stereocenters. The molecule has 0 radical (unpaired) electrons. The van der Waals surface area contributed by atoms with Crippen molar-refractivity contribution >= 4 is 17.5 Å². The summed E-state index contributed by atoms with van der Waals surface area (Å²) in [7, 11) is 0. The number of carbonyl (C=O) groups excluding carboxylic acids is 2. The van der Waals surface area contributed by atoms with Crippen molar-refractivity contribution in [1.29, 1.82) is 0 Å². The van der Waals surface area contributed by atoms with E-state index in [-0.39, 0.29) is 30.6 Å². The second-order valence-corrected chi connectivity index (χ2v) is 5.31. The number of halogens is 3. The molecule has 0 heterocycles. The second kappa shape index (κ2) is 7.82. The van der Waals surface area contributed by atoms with E-state index in [1.165, 1.54) is 6.92 Å². The Morgan fingerprint density at radius 3 is 2.36 bits per heavy atom. The smallest absolute Gasteiger partial charge is 0.224 e. The Morgan fingerprint density at radius 2 is 1.82 bits per heavy atom. The minimum absolute atomic E-state index is 0.0405. The zero-order chi connectivity index (χ0) is 16.9. The number of nitrogens with one attached hydrogen (secondary N) is 1. The molecule has 0 atom stereocenters. The monoisotopic (exact) mass is 316 g/mol. The van der Waals surface area contributed by atoms with Crippen molar-refractivity contribution in [3.8, 4) is 0 Å². The summed E-state index contributed by atoms with van der Waals surface area (Å²) in [5.74, 6) is -4.92. The molecule has 0 aliphatic carbocycles. The van der Waals surface area contributed by atoms with Crippen LogP contribution in [0.15, 0.2) is 12.1 Å². The normalized spacial score (nSPS) is 10.7. The van der Waals surface area contributed by atoms with Gasteiger partial charge in [-0.15, -0.1) is 0 Å². The molecule has 0 fully saturated rings. The summed E-state index contributed by atoms with van der Waals surface area (Å²) in [6.45, 7) is 5.00. The topological polar surface area (TPSA) is 49.4 Å². The number of hydrogen-bond acceptors (Lipinski definition) is 2. The summed E-state index contributed by atoms with van der Waals surface area (Å²) in [6, 6.07) is 1.74. The fourth-order valence-corrected chi connectivity index (χ4v) is 1.92. The maximum Gasteiger partial charge on any atom is 0.224 e. The van der Waals surface area contributed by atoms with E-state index in [1.807, 2.05) is 13.8 Å². The minimum Gasteiger partial charge on any atom is -0.354 e. The Hall–Kier alpha value is -2.05. The van der Waals surface area contributed by atoms with E-state index in [1.54, 1.807) is 0 Å². The van der Waals surface area contributed by atoms with Gasteiger partial charge >= 0.3 is 0 Å². The number of nitrogens with zero attached hydrogens (tertiary/aromatic N) is 1. The fraction of sp³-hybridized carbons (Fsp3) is 0.467. The van der Waals surface area contributed by atoms with Gasteiger partial charge in [-0.3, -0.25) is 9.59 Å². The van der Waals surface area contributed by atoms with Crippen LogP contribution in [0.2, 0.25) is 0 Å². The lowest BCUT2D eigenvalue weighted by Crippen LogP contribution is -2.38. The summed E-state index contributed by atoms with van der Waals surface area (Å²) in [6.07, 6.45) is 0.333. The molecule has 0 aliphatic heterocycles. The molecule has 0 aromatic heterocycles. The van der Waals surface area contributed by atoms with Gasteiger partial charge in [0.2, 0.25) is 11.8 Å². The van der Waals surface area contributed by atoms with Crippen LogP contribution < -0.4 is 10.2 Å². The lowest BCUT2D eigenvalue weighted by molar-refractivity contribution is -0.122. The maximum atomic E-state index is 13.7.